The summed E-state index contributed by atoms with van der Waals surface area (Å²) in [5.41, 5.74) is 0. The second-order valence-corrected chi connectivity index (χ2v) is 12.7. The van der Waals surface area contributed by atoms with Gasteiger partial charge in [-0.3, -0.25) is 4.79 Å². The summed E-state index contributed by atoms with van der Waals surface area (Å²) in [5.74, 6) is 0.987. The molecule has 3 aliphatic rings. The molecule has 0 radical (unpaired) electrons. The zero-order chi connectivity index (χ0) is 27.9. The van der Waals surface area contributed by atoms with Crippen molar-refractivity contribution < 1.29 is 28.5 Å². The van der Waals surface area contributed by atoms with Crippen LogP contribution in [0.1, 0.15) is 104 Å². The topological polar surface area (TPSA) is 63.2 Å². The molecule has 2 heterocycles. The molecule has 0 aromatic rings. The van der Waals surface area contributed by atoms with E-state index in [-0.39, 0.29) is 36.7 Å². The van der Waals surface area contributed by atoms with E-state index in [1.807, 2.05) is 0 Å². The van der Waals surface area contributed by atoms with E-state index >= 15 is 0 Å². The van der Waals surface area contributed by atoms with Crippen LogP contribution in [0, 0.1) is 17.8 Å². The number of allylic oxidation sites excluding steroid dienone is 2. The number of rotatable bonds is 16. The van der Waals surface area contributed by atoms with Crippen molar-refractivity contribution in [1.82, 2.24) is 0 Å². The lowest BCUT2D eigenvalue weighted by atomic mass is 9.89. The Morgan fingerprint density at radius 2 is 1.79 bits per heavy atom. The molecule has 0 bridgehead atoms. The molecule has 3 fully saturated rings. The zero-order valence-electron chi connectivity index (χ0n) is 24.6. The van der Waals surface area contributed by atoms with Crippen molar-refractivity contribution in [1.29, 1.82) is 0 Å². The number of carbonyl (C=O) groups excluding carboxylic acids is 1. The van der Waals surface area contributed by atoms with E-state index in [1.165, 1.54) is 32.8 Å². The van der Waals surface area contributed by atoms with Crippen molar-refractivity contribution >= 4 is 21.9 Å². The highest BCUT2D eigenvalue weighted by Crippen LogP contribution is 2.43. The second-order valence-electron chi connectivity index (χ2n) is 11.5. The average molecular weight is 614 g/mol. The number of hydrogen-bond acceptors (Lipinski definition) is 6. The predicted molar refractivity (Wildman–Crippen MR) is 159 cm³/mol. The number of esters is 1. The summed E-state index contributed by atoms with van der Waals surface area (Å²) in [4.78, 5) is 11.8. The SMILES string of the molecule is CCCCC(C)[C@@H](/C=C/[C@@H]1[C@@H](C/C=C\CCCC(=O)OC)[C@@H](Br)C[C@H]1OC1CCCCO1)OC1CCCCO1. The number of halogens is 1. The number of alkyl halides is 1. The van der Waals surface area contributed by atoms with Gasteiger partial charge in [-0.25, -0.2) is 0 Å². The fourth-order valence-corrected chi connectivity index (χ4v) is 6.87. The van der Waals surface area contributed by atoms with E-state index in [0.717, 1.165) is 71.0 Å². The van der Waals surface area contributed by atoms with Crippen LogP contribution in [0.4, 0.5) is 0 Å². The predicted octanol–water partition coefficient (Wildman–Crippen LogP) is 7.88. The standard InChI is InChI=1S/C32H53BrO6/c1-4-5-14-24(2)28(38-31-17-10-12-21-36-31)20-19-26-25(15-8-6-7-9-16-30(34)35-3)27(33)23-29(26)39-32-18-11-13-22-37-32/h6,8,19-20,24-29,31-32H,4-5,7,9-18,21-23H2,1-3H3/b8-6-,20-19+/t24?,25-,26-,27+,28-,29-,31?,32?/m1/s1. The molecule has 1 aliphatic carbocycles. The minimum atomic E-state index is -0.140. The van der Waals surface area contributed by atoms with E-state index < -0.39 is 0 Å². The maximum absolute atomic E-state index is 11.4. The molecule has 224 valence electrons. The average Bonchev–Trinajstić information content (AvgIpc) is 3.25. The lowest BCUT2D eigenvalue weighted by Crippen LogP contribution is -2.32. The van der Waals surface area contributed by atoms with E-state index in [2.05, 4.69) is 54.1 Å². The number of unbranched alkanes of at least 4 members (excludes halogenated alkanes) is 2. The van der Waals surface area contributed by atoms with Crippen molar-refractivity contribution in [3.8, 4) is 0 Å². The Morgan fingerprint density at radius 3 is 2.46 bits per heavy atom. The van der Waals surface area contributed by atoms with Gasteiger partial charge in [0.25, 0.3) is 0 Å². The molecule has 2 saturated heterocycles. The van der Waals surface area contributed by atoms with Gasteiger partial charge in [-0.05, 0) is 82.5 Å². The van der Waals surface area contributed by atoms with Gasteiger partial charge in [0.15, 0.2) is 12.6 Å². The van der Waals surface area contributed by atoms with Gasteiger partial charge in [-0.15, -0.1) is 0 Å². The Morgan fingerprint density at radius 1 is 1.05 bits per heavy atom. The molecule has 6 nitrogen and oxygen atoms in total. The summed E-state index contributed by atoms with van der Waals surface area (Å²) < 4.78 is 29.9. The third kappa shape index (κ3) is 11.6. The molecule has 0 N–H and O–H groups in total. The van der Waals surface area contributed by atoms with Crippen LogP contribution in [0.3, 0.4) is 0 Å². The molecule has 1 saturated carbocycles. The van der Waals surface area contributed by atoms with Crippen LogP contribution in [0.25, 0.3) is 0 Å². The third-order valence-electron chi connectivity index (χ3n) is 8.41. The molecule has 0 spiro atoms. The van der Waals surface area contributed by atoms with Gasteiger partial charge >= 0.3 is 5.97 Å². The van der Waals surface area contributed by atoms with Crippen molar-refractivity contribution in [3.05, 3.63) is 24.3 Å². The summed E-state index contributed by atoms with van der Waals surface area (Å²) >= 11 is 4.01. The minimum Gasteiger partial charge on any atom is -0.469 e. The molecule has 0 amide bonds. The first-order chi connectivity index (χ1) is 19.0. The van der Waals surface area contributed by atoms with Gasteiger partial charge in [0.1, 0.15) is 0 Å². The molecule has 3 unspecified atom stereocenters. The first-order valence-electron chi connectivity index (χ1n) is 15.6. The van der Waals surface area contributed by atoms with Crippen molar-refractivity contribution in [2.45, 2.75) is 133 Å². The van der Waals surface area contributed by atoms with Gasteiger partial charge in [-0.2, -0.15) is 0 Å². The molecular formula is C32H53BrO6. The Balaban J connectivity index is 1.69. The van der Waals surface area contributed by atoms with Gasteiger partial charge in [0.2, 0.25) is 0 Å². The molecule has 0 aromatic heterocycles. The highest BCUT2D eigenvalue weighted by Gasteiger charge is 2.42. The summed E-state index contributed by atoms with van der Waals surface area (Å²) in [6.45, 7) is 6.15. The van der Waals surface area contributed by atoms with E-state index in [9.17, 15) is 4.79 Å². The maximum Gasteiger partial charge on any atom is 0.305 e. The van der Waals surface area contributed by atoms with Crippen LogP contribution in [-0.4, -0.2) is 55.9 Å². The van der Waals surface area contributed by atoms with Crippen LogP contribution in [0.15, 0.2) is 24.3 Å². The Bertz CT molecular complexity index is 730. The fourth-order valence-electron chi connectivity index (χ4n) is 5.93. The molecule has 0 aromatic carbocycles. The van der Waals surface area contributed by atoms with Crippen LogP contribution in [0.5, 0.6) is 0 Å². The lowest BCUT2D eigenvalue weighted by Gasteiger charge is -2.31. The molecule has 2 aliphatic heterocycles. The van der Waals surface area contributed by atoms with Crippen LogP contribution in [0.2, 0.25) is 0 Å². The van der Waals surface area contributed by atoms with Crippen LogP contribution in [-0.2, 0) is 28.5 Å². The summed E-state index contributed by atoms with van der Waals surface area (Å²) in [5, 5.41) is 0. The van der Waals surface area contributed by atoms with Gasteiger partial charge in [0, 0.05) is 30.4 Å². The van der Waals surface area contributed by atoms with Crippen molar-refractivity contribution in [2.75, 3.05) is 20.3 Å². The Hall–Kier alpha value is -0.730. The molecular weight excluding hydrogens is 560 g/mol. The first-order valence-corrected chi connectivity index (χ1v) is 16.5. The molecule has 39 heavy (non-hydrogen) atoms. The van der Waals surface area contributed by atoms with E-state index in [0.29, 0.717) is 23.1 Å². The van der Waals surface area contributed by atoms with Crippen molar-refractivity contribution in [3.63, 3.8) is 0 Å². The Kier molecular flexibility index (Phi) is 15.7. The molecule has 3 rings (SSSR count). The number of methoxy groups -OCH3 is 1. The van der Waals surface area contributed by atoms with Gasteiger partial charge in [0.05, 0.1) is 19.3 Å². The largest absolute Gasteiger partial charge is 0.469 e. The van der Waals surface area contributed by atoms with Crippen molar-refractivity contribution in [2.24, 2.45) is 17.8 Å². The maximum atomic E-state index is 11.4. The normalized spacial score (nSPS) is 31.6. The minimum absolute atomic E-state index is 0.0371. The number of ether oxygens (including phenoxy) is 5. The second kappa shape index (κ2) is 18.7. The highest BCUT2D eigenvalue weighted by molar-refractivity contribution is 9.09. The fraction of sp³-hybridized carbons (Fsp3) is 0.844. The highest BCUT2D eigenvalue weighted by atomic mass is 79.9. The molecule has 8 atom stereocenters. The monoisotopic (exact) mass is 612 g/mol. The van der Waals surface area contributed by atoms with E-state index in [1.54, 1.807) is 0 Å². The lowest BCUT2D eigenvalue weighted by molar-refractivity contribution is -0.193. The quantitative estimate of drug-likeness (QED) is 0.0764. The van der Waals surface area contributed by atoms with Gasteiger partial charge in [-0.1, -0.05) is 66.9 Å². The third-order valence-corrected chi connectivity index (χ3v) is 9.46. The van der Waals surface area contributed by atoms with E-state index in [4.69, 9.17) is 23.7 Å². The van der Waals surface area contributed by atoms with Crippen LogP contribution < -0.4 is 0 Å². The zero-order valence-corrected chi connectivity index (χ0v) is 26.2. The molecule has 7 heteroatoms. The summed E-state index contributed by atoms with van der Waals surface area (Å²) in [6, 6.07) is 0. The van der Waals surface area contributed by atoms with Gasteiger partial charge < -0.3 is 23.7 Å². The smallest absolute Gasteiger partial charge is 0.305 e. The first kappa shape index (κ1) is 32.8. The number of carbonyl (C=O) groups is 1. The summed E-state index contributed by atoms with van der Waals surface area (Å²) in [7, 11) is 1.45. The summed E-state index contributed by atoms with van der Waals surface area (Å²) in [6.07, 6.45) is 23.4. The number of hydrogen-bond donors (Lipinski definition) is 0. The Labute approximate surface area is 245 Å². The van der Waals surface area contributed by atoms with Crippen LogP contribution >= 0.6 is 15.9 Å².